The topological polar surface area (TPSA) is 0 Å². The summed E-state index contributed by atoms with van der Waals surface area (Å²) in [5, 5.41) is 0. The van der Waals surface area contributed by atoms with Crippen molar-refractivity contribution in [3.8, 4) is 0 Å². The van der Waals surface area contributed by atoms with Gasteiger partial charge in [-0.25, -0.2) is 0 Å². The SMILES string of the molecule is CCCCCCCCC1CCC(C2CCC(C3CCC(CCCCCCCF)CC3)CC2)CC1. The highest BCUT2D eigenvalue weighted by molar-refractivity contribution is 4.86. The van der Waals surface area contributed by atoms with Gasteiger partial charge in [-0.05, 0) is 93.3 Å². The summed E-state index contributed by atoms with van der Waals surface area (Å²) in [6, 6.07) is 0. The summed E-state index contributed by atoms with van der Waals surface area (Å²) in [7, 11) is 0. The highest BCUT2D eigenvalue weighted by Crippen LogP contribution is 2.46. The average molecular weight is 477 g/mol. The Balaban J connectivity index is 1.20. The Morgan fingerprint density at radius 3 is 1.12 bits per heavy atom. The van der Waals surface area contributed by atoms with Crippen LogP contribution in [0.3, 0.4) is 0 Å². The van der Waals surface area contributed by atoms with Gasteiger partial charge in [0.1, 0.15) is 0 Å². The molecular formula is C33H61F. The van der Waals surface area contributed by atoms with E-state index in [0.717, 1.165) is 48.3 Å². The summed E-state index contributed by atoms with van der Waals surface area (Å²) in [5.74, 6) is 6.39. The van der Waals surface area contributed by atoms with Gasteiger partial charge in [-0.15, -0.1) is 0 Å². The zero-order valence-electron chi connectivity index (χ0n) is 23.2. The van der Waals surface area contributed by atoms with E-state index in [2.05, 4.69) is 6.92 Å². The normalized spacial score (nSPS) is 32.6. The maximum atomic E-state index is 12.2. The lowest BCUT2D eigenvalue weighted by Crippen LogP contribution is -2.29. The van der Waals surface area contributed by atoms with Gasteiger partial charge >= 0.3 is 0 Å². The quantitative estimate of drug-likeness (QED) is 0.194. The minimum atomic E-state index is -0.119. The van der Waals surface area contributed by atoms with Crippen LogP contribution in [0.15, 0.2) is 0 Å². The standard InChI is InChI=1S/C33H61F/c1-2-3-4-5-7-10-13-28-15-19-30(20-16-28)32-23-25-33(26-24-32)31-21-17-29(18-22-31)14-11-8-6-9-12-27-34/h28-33H,2-27H2,1H3. The van der Waals surface area contributed by atoms with Gasteiger partial charge in [-0.1, -0.05) is 110 Å². The molecular weight excluding hydrogens is 415 g/mol. The molecule has 34 heavy (non-hydrogen) atoms. The molecule has 3 aliphatic rings. The monoisotopic (exact) mass is 476 g/mol. The van der Waals surface area contributed by atoms with Crippen LogP contribution in [0.2, 0.25) is 0 Å². The van der Waals surface area contributed by atoms with Crippen LogP contribution in [-0.2, 0) is 0 Å². The van der Waals surface area contributed by atoms with Gasteiger partial charge in [-0.3, -0.25) is 4.39 Å². The van der Waals surface area contributed by atoms with Crippen LogP contribution in [-0.4, -0.2) is 6.67 Å². The van der Waals surface area contributed by atoms with Gasteiger partial charge < -0.3 is 0 Å². The highest BCUT2D eigenvalue weighted by Gasteiger charge is 2.34. The summed E-state index contributed by atoms with van der Waals surface area (Å²) < 4.78 is 12.2. The van der Waals surface area contributed by atoms with Gasteiger partial charge in [-0.2, -0.15) is 0 Å². The minimum Gasteiger partial charge on any atom is -0.251 e. The van der Waals surface area contributed by atoms with Gasteiger partial charge in [0.15, 0.2) is 0 Å². The van der Waals surface area contributed by atoms with E-state index >= 15 is 0 Å². The second kappa shape index (κ2) is 17.4. The molecule has 0 spiro atoms. The first-order chi connectivity index (χ1) is 16.8. The van der Waals surface area contributed by atoms with Crippen molar-refractivity contribution in [3.63, 3.8) is 0 Å². The third-order valence-corrected chi connectivity index (χ3v) is 10.6. The van der Waals surface area contributed by atoms with Crippen LogP contribution in [0.25, 0.3) is 0 Å². The maximum Gasteiger partial charge on any atom is 0.0894 e. The van der Waals surface area contributed by atoms with Crippen LogP contribution in [0.5, 0.6) is 0 Å². The Kier molecular flexibility index (Phi) is 14.6. The maximum absolute atomic E-state index is 12.2. The zero-order chi connectivity index (χ0) is 23.8. The number of hydrogen-bond acceptors (Lipinski definition) is 0. The molecule has 0 aromatic carbocycles. The molecule has 200 valence electrons. The third kappa shape index (κ3) is 10.5. The van der Waals surface area contributed by atoms with Crippen LogP contribution in [0, 0.1) is 35.5 Å². The van der Waals surface area contributed by atoms with Crippen LogP contribution >= 0.6 is 0 Å². The molecule has 0 heterocycles. The number of hydrogen-bond donors (Lipinski definition) is 0. The van der Waals surface area contributed by atoms with Crippen LogP contribution < -0.4 is 0 Å². The Bertz CT molecular complexity index is 419. The van der Waals surface area contributed by atoms with Crippen LogP contribution in [0.1, 0.15) is 167 Å². The van der Waals surface area contributed by atoms with Crippen LogP contribution in [0.4, 0.5) is 4.39 Å². The molecule has 0 nitrogen and oxygen atoms in total. The summed E-state index contributed by atoms with van der Waals surface area (Å²) in [6.07, 6.45) is 36.2. The fraction of sp³-hybridized carbons (Fsp3) is 1.00. The van der Waals surface area contributed by atoms with Gasteiger partial charge in [0.05, 0.1) is 6.67 Å². The van der Waals surface area contributed by atoms with E-state index in [4.69, 9.17) is 0 Å². The van der Waals surface area contributed by atoms with E-state index in [-0.39, 0.29) is 6.67 Å². The molecule has 1 heteroatoms. The molecule has 3 saturated carbocycles. The smallest absolute Gasteiger partial charge is 0.0894 e. The predicted octanol–water partition coefficient (Wildman–Crippen LogP) is 11.5. The molecule has 0 aromatic heterocycles. The molecule has 3 fully saturated rings. The summed E-state index contributed by atoms with van der Waals surface area (Å²) in [4.78, 5) is 0. The lowest BCUT2D eigenvalue weighted by molar-refractivity contribution is 0.102. The van der Waals surface area contributed by atoms with Gasteiger partial charge in [0, 0.05) is 0 Å². The lowest BCUT2D eigenvalue weighted by Gasteiger charge is -2.41. The number of unbranched alkanes of at least 4 members (excludes halogenated alkanes) is 9. The Morgan fingerprint density at radius 1 is 0.412 bits per heavy atom. The van der Waals surface area contributed by atoms with Crippen molar-refractivity contribution in [2.24, 2.45) is 35.5 Å². The van der Waals surface area contributed by atoms with Gasteiger partial charge in [0.2, 0.25) is 0 Å². The van der Waals surface area contributed by atoms with Crippen molar-refractivity contribution in [3.05, 3.63) is 0 Å². The summed E-state index contributed by atoms with van der Waals surface area (Å²) in [6.45, 7) is 2.20. The Morgan fingerprint density at radius 2 is 0.735 bits per heavy atom. The molecule has 3 aliphatic carbocycles. The summed E-state index contributed by atoms with van der Waals surface area (Å²) in [5.41, 5.74) is 0. The summed E-state index contributed by atoms with van der Waals surface area (Å²) >= 11 is 0. The second-order valence-electron chi connectivity index (χ2n) is 13.0. The molecule has 0 atom stereocenters. The first-order valence-corrected chi connectivity index (χ1v) is 16.4. The first kappa shape index (κ1) is 28.5. The number of halogens is 1. The average Bonchev–Trinajstić information content (AvgIpc) is 2.89. The molecule has 0 saturated heterocycles. The highest BCUT2D eigenvalue weighted by atomic mass is 19.1. The molecule has 0 radical (unpaired) electrons. The van der Waals surface area contributed by atoms with E-state index in [0.29, 0.717) is 0 Å². The molecule has 0 N–H and O–H groups in total. The van der Waals surface area contributed by atoms with Crippen molar-refractivity contribution >= 4 is 0 Å². The minimum absolute atomic E-state index is 0.119. The van der Waals surface area contributed by atoms with Crippen molar-refractivity contribution in [1.82, 2.24) is 0 Å². The largest absolute Gasteiger partial charge is 0.251 e. The molecule has 3 rings (SSSR count). The fourth-order valence-corrected chi connectivity index (χ4v) is 8.26. The van der Waals surface area contributed by atoms with Crippen molar-refractivity contribution in [1.29, 1.82) is 0 Å². The van der Waals surface area contributed by atoms with E-state index in [1.54, 1.807) is 51.4 Å². The van der Waals surface area contributed by atoms with Gasteiger partial charge in [0.25, 0.3) is 0 Å². The molecule has 0 bridgehead atoms. The number of alkyl halides is 1. The fourth-order valence-electron chi connectivity index (χ4n) is 8.26. The predicted molar refractivity (Wildman–Crippen MR) is 148 cm³/mol. The Labute approximate surface area is 214 Å². The second-order valence-corrected chi connectivity index (χ2v) is 13.0. The zero-order valence-corrected chi connectivity index (χ0v) is 23.2. The number of rotatable bonds is 16. The van der Waals surface area contributed by atoms with E-state index in [9.17, 15) is 4.39 Å². The van der Waals surface area contributed by atoms with Crippen molar-refractivity contribution < 1.29 is 4.39 Å². The first-order valence-electron chi connectivity index (χ1n) is 16.4. The van der Waals surface area contributed by atoms with Crippen molar-refractivity contribution in [2.75, 3.05) is 6.67 Å². The molecule has 0 aromatic rings. The van der Waals surface area contributed by atoms with Crippen molar-refractivity contribution in [2.45, 2.75) is 167 Å². The molecule has 0 aliphatic heterocycles. The lowest BCUT2D eigenvalue weighted by atomic mass is 9.64. The van der Waals surface area contributed by atoms with E-state index in [1.807, 2.05) is 0 Å². The molecule has 0 unspecified atom stereocenters. The third-order valence-electron chi connectivity index (χ3n) is 10.6. The Hall–Kier alpha value is -0.0700. The van der Waals surface area contributed by atoms with E-state index < -0.39 is 0 Å². The molecule has 0 amide bonds. The van der Waals surface area contributed by atoms with E-state index in [1.165, 1.54) is 96.3 Å².